The van der Waals surface area contributed by atoms with Gasteiger partial charge in [-0.25, -0.2) is 0 Å². The predicted octanol–water partition coefficient (Wildman–Crippen LogP) is 15.8. The maximum Gasteiger partial charge on any atom is 0.0726 e. The van der Waals surface area contributed by atoms with Gasteiger partial charge in [-0.1, -0.05) is 165 Å². The second-order valence-electron chi connectivity index (χ2n) is 18.6. The Kier molecular flexibility index (Phi) is 6.59. The Hall–Kier alpha value is -7.42. The van der Waals surface area contributed by atoms with Gasteiger partial charge in [-0.15, -0.1) is 0 Å². The molecule has 0 saturated heterocycles. The Morgan fingerprint density at radius 1 is 0.365 bits per heavy atom. The van der Waals surface area contributed by atoms with E-state index >= 15 is 0 Å². The lowest BCUT2D eigenvalue weighted by atomic mass is 9.67. The minimum Gasteiger partial charge on any atom is -0.310 e. The molecule has 2 heterocycles. The molecule has 5 aliphatic rings. The Morgan fingerprint density at radius 3 is 1.70 bits per heavy atom. The fourth-order valence-corrected chi connectivity index (χ4v) is 13.6. The Morgan fingerprint density at radius 2 is 0.968 bits per heavy atom. The number of rotatable bonds is 3. The summed E-state index contributed by atoms with van der Waals surface area (Å²) < 4.78 is 2.61. The summed E-state index contributed by atoms with van der Waals surface area (Å²) in [7, 11) is 0. The van der Waals surface area contributed by atoms with Gasteiger partial charge in [-0.3, -0.25) is 0 Å². The molecule has 2 nitrogen and oxygen atoms in total. The number of fused-ring (bicyclic) bond motifs is 18. The largest absolute Gasteiger partial charge is 0.310 e. The smallest absolute Gasteiger partial charge is 0.0726 e. The molecular weight excluding hydrogens is 761 g/mol. The second-order valence-corrected chi connectivity index (χ2v) is 18.6. The van der Waals surface area contributed by atoms with Gasteiger partial charge in [0.15, 0.2) is 0 Å². The average Bonchev–Trinajstić information content (AvgIpc) is 4.00. The van der Waals surface area contributed by atoms with Crippen LogP contribution in [0.4, 0.5) is 17.1 Å². The zero-order valence-corrected chi connectivity index (χ0v) is 34.9. The molecule has 4 aliphatic carbocycles. The lowest BCUT2D eigenvalue weighted by molar-refractivity contribution is 0.353. The fraction of sp³-hybridized carbons (Fsp3) is 0.115. The van der Waals surface area contributed by atoms with Gasteiger partial charge in [0.2, 0.25) is 0 Å². The van der Waals surface area contributed by atoms with Crippen LogP contribution in [0.2, 0.25) is 0 Å². The fourth-order valence-electron chi connectivity index (χ4n) is 13.6. The first-order valence-corrected chi connectivity index (χ1v) is 22.9. The molecule has 0 atom stereocenters. The third-order valence-corrected chi connectivity index (χ3v) is 15.9. The SMILES string of the molecule is c1ccc(N(c2cc3c4c(c2)C2(CCCCC2)c2ccc5c6ccccc6n(c5c2-4)-c2ccccc2-3)c2ccc3c(c2)C2(c4ccccc4-c4ccccc42)c2ccccc2-3)cc1. The lowest BCUT2D eigenvalue weighted by Crippen LogP contribution is -2.28. The molecule has 1 fully saturated rings. The van der Waals surface area contributed by atoms with Gasteiger partial charge in [0.25, 0.3) is 0 Å². The van der Waals surface area contributed by atoms with E-state index in [4.69, 9.17) is 0 Å². The van der Waals surface area contributed by atoms with Crippen LogP contribution in [-0.4, -0.2) is 4.57 Å². The van der Waals surface area contributed by atoms with Crippen LogP contribution in [0.3, 0.4) is 0 Å². The molecule has 10 aromatic rings. The van der Waals surface area contributed by atoms with E-state index in [1.54, 1.807) is 0 Å². The van der Waals surface area contributed by atoms with Crippen LogP contribution in [0.25, 0.3) is 72.0 Å². The first-order chi connectivity index (χ1) is 31.3. The summed E-state index contributed by atoms with van der Waals surface area (Å²) in [5.74, 6) is 0. The van der Waals surface area contributed by atoms with Crippen molar-refractivity contribution in [3.05, 3.63) is 228 Å². The van der Waals surface area contributed by atoms with Crippen molar-refractivity contribution in [2.75, 3.05) is 4.90 Å². The van der Waals surface area contributed by atoms with Crippen molar-refractivity contribution in [1.29, 1.82) is 0 Å². The number of aromatic nitrogens is 1. The first-order valence-electron chi connectivity index (χ1n) is 22.9. The molecule has 0 amide bonds. The number of para-hydroxylation sites is 3. The lowest BCUT2D eigenvalue weighted by Gasteiger charge is -2.37. The number of nitrogens with zero attached hydrogens (tertiary/aromatic N) is 2. The van der Waals surface area contributed by atoms with Crippen LogP contribution < -0.4 is 4.90 Å². The quantitative estimate of drug-likeness (QED) is 0.173. The van der Waals surface area contributed by atoms with Crippen molar-refractivity contribution in [3.8, 4) is 50.2 Å². The summed E-state index contributed by atoms with van der Waals surface area (Å²) in [5.41, 5.74) is 26.4. The highest BCUT2D eigenvalue weighted by atomic mass is 15.1. The van der Waals surface area contributed by atoms with Gasteiger partial charge < -0.3 is 9.47 Å². The van der Waals surface area contributed by atoms with E-state index in [1.165, 1.54) is 149 Å². The third-order valence-electron chi connectivity index (χ3n) is 15.9. The van der Waals surface area contributed by atoms with E-state index in [9.17, 15) is 0 Å². The summed E-state index contributed by atoms with van der Waals surface area (Å²) >= 11 is 0. The minimum atomic E-state index is -0.423. The molecule has 1 aliphatic heterocycles. The molecule has 2 spiro atoms. The molecule has 15 rings (SSSR count). The molecule has 63 heavy (non-hydrogen) atoms. The molecule has 1 saturated carbocycles. The van der Waals surface area contributed by atoms with Crippen molar-refractivity contribution in [1.82, 2.24) is 4.57 Å². The van der Waals surface area contributed by atoms with E-state index in [2.05, 4.69) is 204 Å². The second kappa shape index (κ2) is 12.1. The van der Waals surface area contributed by atoms with Crippen molar-refractivity contribution >= 4 is 38.9 Å². The molecule has 1 aromatic heterocycles. The van der Waals surface area contributed by atoms with Crippen molar-refractivity contribution in [2.24, 2.45) is 0 Å². The molecule has 9 aromatic carbocycles. The number of benzene rings is 9. The van der Waals surface area contributed by atoms with Crippen LogP contribution >= 0.6 is 0 Å². The molecular formula is C61H42N2. The number of hydrogen-bond donors (Lipinski definition) is 0. The number of hydrogen-bond acceptors (Lipinski definition) is 1. The van der Waals surface area contributed by atoms with Gasteiger partial charge >= 0.3 is 0 Å². The molecule has 296 valence electrons. The zero-order valence-electron chi connectivity index (χ0n) is 34.9. The highest BCUT2D eigenvalue weighted by Crippen LogP contribution is 2.65. The molecule has 2 heteroatoms. The standard InChI is InChI=1S/C61H42N2/c1-3-17-38(18-4-1)62(39-29-30-44-43-21-7-12-26-51(43)61(53(44)36-39)49-24-10-5-19-41(49)42-20-6-11-25-50(42)61)40-35-48-46-23-9-14-28-56(46)63-55-27-13-8-22-45(55)47-31-32-52-58(59(47)63)57(48)54(37-40)60(52)33-15-2-16-34-60/h1,3-14,17-32,35-37H,2,15-16,33-34H2. The van der Waals surface area contributed by atoms with Gasteiger partial charge in [0.05, 0.1) is 22.1 Å². The van der Waals surface area contributed by atoms with Gasteiger partial charge in [0, 0.05) is 44.4 Å². The van der Waals surface area contributed by atoms with Crippen LogP contribution in [0.1, 0.15) is 65.5 Å². The molecule has 0 unspecified atom stereocenters. The van der Waals surface area contributed by atoms with Crippen LogP contribution in [0, 0.1) is 0 Å². The minimum absolute atomic E-state index is 0.0430. The maximum atomic E-state index is 2.63. The summed E-state index contributed by atoms with van der Waals surface area (Å²) in [6.45, 7) is 0. The van der Waals surface area contributed by atoms with Crippen LogP contribution in [0.5, 0.6) is 0 Å². The molecule has 0 bridgehead atoms. The number of anilines is 3. The predicted molar refractivity (Wildman–Crippen MR) is 260 cm³/mol. The van der Waals surface area contributed by atoms with Gasteiger partial charge in [0.1, 0.15) is 0 Å². The van der Waals surface area contributed by atoms with Crippen molar-refractivity contribution in [3.63, 3.8) is 0 Å². The van der Waals surface area contributed by atoms with E-state index in [0.717, 1.165) is 5.69 Å². The van der Waals surface area contributed by atoms with Gasteiger partial charge in [-0.05, 0) is 128 Å². The van der Waals surface area contributed by atoms with E-state index < -0.39 is 5.41 Å². The molecule has 0 N–H and O–H groups in total. The van der Waals surface area contributed by atoms with E-state index in [0.29, 0.717) is 0 Å². The Bertz CT molecular complexity index is 3550. The Labute approximate surface area is 367 Å². The van der Waals surface area contributed by atoms with Crippen LogP contribution in [0.15, 0.2) is 194 Å². The van der Waals surface area contributed by atoms with Gasteiger partial charge in [-0.2, -0.15) is 0 Å². The summed E-state index contributed by atoms with van der Waals surface area (Å²) in [4.78, 5) is 2.57. The Balaban J connectivity index is 1.04. The van der Waals surface area contributed by atoms with E-state index in [-0.39, 0.29) is 5.41 Å². The highest BCUT2D eigenvalue weighted by molar-refractivity contribution is 6.19. The van der Waals surface area contributed by atoms with E-state index in [1.807, 2.05) is 0 Å². The topological polar surface area (TPSA) is 8.17 Å². The first kappa shape index (κ1) is 34.2. The highest BCUT2D eigenvalue weighted by Gasteiger charge is 2.52. The monoisotopic (exact) mass is 802 g/mol. The molecule has 0 radical (unpaired) electrons. The summed E-state index contributed by atoms with van der Waals surface area (Å²) in [6, 6.07) is 74.3. The normalized spacial score (nSPS) is 15.9. The average molecular weight is 803 g/mol. The van der Waals surface area contributed by atoms with Crippen LogP contribution in [-0.2, 0) is 10.8 Å². The third kappa shape index (κ3) is 4.11. The summed E-state index contributed by atoms with van der Waals surface area (Å²) in [6.07, 6.45) is 6.13. The van der Waals surface area contributed by atoms with Crippen molar-refractivity contribution < 1.29 is 0 Å². The zero-order chi connectivity index (χ0) is 41.0. The van der Waals surface area contributed by atoms with Crippen molar-refractivity contribution in [2.45, 2.75) is 42.9 Å². The maximum absolute atomic E-state index is 2.63. The summed E-state index contributed by atoms with van der Waals surface area (Å²) in [5, 5.41) is 2.68.